The van der Waals surface area contributed by atoms with Gasteiger partial charge >= 0.3 is 17.9 Å². The zero-order chi connectivity index (χ0) is 30.2. The first-order valence-electron chi connectivity index (χ1n) is 12.2. The summed E-state index contributed by atoms with van der Waals surface area (Å²) in [5, 5.41) is 34.3. The Bertz CT molecular complexity index is 1060. The third-order valence-corrected chi connectivity index (χ3v) is 5.45. The number of nitrogens with zero attached hydrogens (tertiary/aromatic N) is 2. The molecule has 0 aliphatic heterocycles. The minimum atomic E-state index is -1.57. The number of amides is 3. The van der Waals surface area contributed by atoms with Crippen LogP contribution < -0.4 is 33.2 Å². The fourth-order valence-corrected chi connectivity index (χ4v) is 3.38. The van der Waals surface area contributed by atoms with Crippen molar-refractivity contribution in [3.05, 3.63) is 18.2 Å². The molecular formula is C22H35N9O9. The van der Waals surface area contributed by atoms with Crippen molar-refractivity contribution in [3.63, 3.8) is 0 Å². The van der Waals surface area contributed by atoms with Gasteiger partial charge in [-0.3, -0.25) is 29.0 Å². The lowest BCUT2D eigenvalue weighted by atomic mass is 10.1. The Morgan fingerprint density at radius 3 is 1.88 bits per heavy atom. The van der Waals surface area contributed by atoms with Crippen LogP contribution in [0.5, 0.6) is 0 Å². The van der Waals surface area contributed by atoms with Crippen molar-refractivity contribution in [2.24, 2.45) is 22.2 Å². The van der Waals surface area contributed by atoms with Gasteiger partial charge in [-0.1, -0.05) is 0 Å². The number of nitrogens with two attached hydrogens (primary N) is 3. The van der Waals surface area contributed by atoms with E-state index in [9.17, 15) is 33.9 Å². The first-order chi connectivity index (χ1) is 18.8. The monoisotopic (exact) mass is 569 g/mol. The fourth-order valence-electron chi connectivity index (χ4n) is 3.38. The number of guanidine groups is 1. The number of rotatable bonds is 19. The molecule has 18 nitrogen and oxygen atoms in total. The van der Waals surface area contributed by atoms with Crippen LogP contribution in [0.2, 0.25) is 0 Å². The van der Waals surface area contributed by atoms with Crippen molar-refractivity contribution < 1.29 is 44.1 Å². The first kappa shape index (κ1) is 33.3. The van der Waals surface area contributed by atoms with E-state index in [1.54, 1.807) is 0 Å². The Kier molecular flexibility index (Phi) is 14.1. The molecule has 3 amide bonds. The summed E-state index contributed by atoms with van der Waals surface area (Å²) in [6, 6.07) is -5.46. The summed E-state index contributed by atoms with van der Waals surface area (Å²) in [4.78, 5) is 82.5. The lowest BCUT2D eigenvalue weighted by Gasteiger charge is -2.25. The van der Waals surface area contributed by atoms with E-state index in [1.807, 2.05) is 0 Å². The topological polar surface area (TPSA) is 318 Å². The number of carbonyl (C=O) groups is 6. The van der Waals surface area contributed by atoms with Gasteiger partial charge in [-0.15, -0.1) is 0 Å². The van der Waals surface area contributed by atoms with E-state index >= 15 is 0 Å². The molecule has 1 aromatic heterocycles. The number of carboxylic acids is 3. The molecule has 0 aliphatic carbocycles. The van der Waals surface area contributed by atoms with Crippen molar-refractivity contribution in [3.8, 4) is 0 Å². The van der Waals surface area contributed by atoms with Crippen molar-refractivity contribution >= 4 is 41.6 Å². The van der Waals surface area contributed by atoms with Gasteiger partial charge in [-0.2, -0.15) is 0 Å². The van der Waals surface area contributed by atoms with E-state index in [1.165, 1.54) is 12.5 Å². The highest BCUT2D eigenvalue weighted by Gasteiger charge is 2.30. The SMILES string of the molecule is NC(N)=NCCCC(NC(=O)C(CCC(=O)O)NC(=O)C(N)Cc1cnc[nH]1)C(=O)NC(CCC(=O)O)C(=O)O. The molecule has 18 heteroatoms. The summed E-state index contributed by atoms with van der Waals surface area (Å²) in [6.45, 7) is 0.0605. The summed E-state index contributed by atoms with van der Waals surface area (Å²) in [6.07, 6.45) is 1.14. The molecular weight excluding hydrogens is 534 g/mol. The van der Waals surface area contributed by atoms with Crippen LogP contribution in [0.25, 0.3) is 0 Å². The van der Waals surface area contributed by atoms with Crippen molar-refractivity contribution in [1.29, 1.82) is 0 Å². The summed E-state index contributed by atoms with van der Waals surface area (Å²) in [5.41, 5.74) is 17.0. The molecule has 0 saturated carbocycles. The minimum Gasteiger partial charge on any atom is -0.481 e. The molecule has 222 valence electrons. The maximum atomic E-state index is 13.1. The number of aromatic nitrogens is 2. The quantitative estimate of drug-likeness (QED) is 0.0441. The van der Waals surface area contributed by atoms with Crippen molar-refractivity contribution in [2.45, 2.75) is 69.1 Å². The summed E-state index contributed by atoms with van der Waals surface area (Å²) in [5.74, 6) is -6.87. The second-order valence-corrected chi connectivity index (χ2v) is 8.72. The van der Waals surface area contributed by atoms with Crippen LogP contribution in [0.4, 0.5) is 0 Å². The van der Waals surface area contributed by atoms with Crippen LogP contribution in [0.15, 0.2) is 17.5 Å². The van der Waals surface area contributed by atoms with Gasteiger partial charge in [0.25, 0.3) is 0 Å². The summed E-state index contributed by atoms with van der Waals surface area (Å²) < 4.78 is 0. The predicted octanol–water partition coefficient (Wildman–Crippen LogP) is -3.40. The Morgan fingerprint density at radius 1 is 0.850 bits per heavy atom. The van der Waals surface area contributed by atoms with Crippen LogP contribution in [-0.2, 0) is 35.2 Å². The molecule has 13 N–H and O–H groups in total. The highest BCUT2D eigenvalue weighted by atomic mass is 16.4. The molecule has 0 bridgehead atoms. The van der Waals surface area contributed by atoms with Gasteiger partial charge in [-0.25, -0.2) is 9.78 Å². The van der Waals surface area contributed by atoms with Crippen LogP contribution in [-0.4, -0.2) is 97.6 Å². The number of carbonyl (C=O) groups excluding carboxylic acids is 3. The normalized spacial score (nSPS) is 13.6. The second kappa shape index (κ2) is 17.0. The minimum absolute atomic E-state index is 0.0435. The van der Waals surface area contributed by atoms with Gasteiger partial charge in [0.1, 0.15) is 18.1 Å². The number of hydrogen-bond donors (Lipinski definition) is 10. The highest BCUT2D eigenvalue weighted by Crippen LogP contribution is 2.06. The number of carboxylic acid groups (broad SMARTS) is 3. The van der Waals surface area contributed by atoms with Crippen LogP contribution in [0.3, 0.4) is 0 Å². The molecule has 0 saturated heterocycles. The molecule has 40 heavy (non-hydrogen) atoms. The number of aliphatic imine (C=N–C) groups is 1. The molecule has 0 aromatic carbocycles. The predicted molar refractivity (Wildman–Crippen MR) is 137 cm³/mol. The zero-order valence-electron chi connectivity index (χ0n) is 21.5. The maximum absolute atomic E-state index is 13.1. The third-order valence-electron chi connectivity index (χ3n) is 5.45. The molecule has 0 aliphatic rings. The van der Waals surface area contributed by atoms with Gasteiger partial charge < -0.3 is 53.5 Å². The smallest absolute Gasteiger partial charge is 0.326 e. The third kappa shape index (κ3) is 13.2. The fraction of sp³-hybridized carbons (Fsp3) is 0.545. The molecule has 0 fully saturated rings. The molecule has 0 spiro atoms. The lowest BCUT2D eigenvalue weighted by Crippen LogP contribution is -2.57. The summed E-state index contributed by atoms with van der Waals surface area (Å²) >= 11 is 0. The average Bonchev–Trinajstić information content (AvgIpc) is 3.38. The van der Waals surface area contributed by atoms with Crippen LogP contribution in [0, 0.1) is 0 Å². The Balaban J connectivity index is 3.04. The van der Waals surface area contributed by atoms with Crippen LogP contribution >= 0.6 is 0 Å². The first-order valence-corrected chi connectivity index (χ1v) is 12.2. The number of imidazole rings is 1. The van der Waals surface area contributed by atoms with E-state index in [0.29, 0.717) is 5.69 Å². The highest BCUT2D eigenvalue weighted by molar-refractivity contribution is 5.94. The van der Waals surface area contributed by atoms with Gasteiger partial charge in [0.15, 0.2) is 5.96 Å². The van der Waals surface area contributed by atoms with Gasteiger partial charge in [0.05, 0.1) is 12.4 Å². The van der Waals surface area contributed by atoms with E-state index in [2.05, 4.69) is 30.9 Å². The molecule has 1 aromatic rings. The molecule has 1 rings (SSSR count). The van der Waals surface area contributed by atoms with E-state index in [0.717, 1.165) is 0 Å². The number of hydrogen-bond acceptors (Lipinski definition) is 9. The van der Waals surface area contributed by atoms with Crippen molar-refractivity contribution in [2.75, 3.05) is 6.54 Å². The largest absolute Gasteiger partial charge is 0.481 e. The van der Waals surface area contributed by atoms with E-state index in [-0.39, 0.29) is 38.2 Å². The average molecular weight is 570 g/mol. The number of nitrogens with one attached hydrogen (secondary N) is 4. The van der Waals surface area contributed by atoms with Gasteiger partial charge in [-0.05, 0) is 25.7 Å². The number of aromatic amines is 1. The zero-order valence-corrected chi connectivity index (χ0v) is 21.5. The second-order valence-electron chi connectivity index (χ2n) is 8.72. The number of aliphatic carboxylic acids is 3. The molecule has 0 radical (unpaired) electrons. The summed E-state index contributed by atoms with van der Waals surface area (Å²) in [7, 11) is 0. The van der Waals surface area contributed by atoms with E-state index < -0.39 is 79.1 Å². The number of H-pyrrole nitrogens is 1. The molecule has 4 unspecified atom stereocenters. The Morgan fingerprint density at radius 2 is 1.38 bits per heavy atom. The van der Waals surface area contributed by atoms with E-state index in [4.69, 9.17) is 27.4 Å². The maximum Gasteiger partial charge on any atom is 0.326 e. The lowest BCUT2D eigenvalue weighted by molar-refractivity contribution is -0.143. The van der Waals surface area contributed by atoms with Gasteiger partial charge in [0.2, 0.25) is 17.7 Å². The Labute approximate surface area is 228 Å². The van der Waals surface area contributed by atoms with Gasteiger partial charge in [0, 0.05) is 37.7 Å². The Hall–Kier alpha value is -4.74. The van der Waals surface area contributed by atoms with Crippen molar-refractivity contribution in [1.82, 2.24) is 25.9 Å². The molecule has 4 atom stereocenters. The van der Waals surface area contributed by atoms with Crippen LogP contribution in [0.1, 0.15) is 44.2 Å². The molecule has 1 heterocycles. The standard InChI is InChI=1S/C22H35N9O9/c23-12(8-11-9-26-10-28-11)18(36)29-14(3-5-16(32)33)20(38)30-13(2-1-7-27-22(24)25)19(37)31-15(21(39)40)4-6-17(34)35/h9-10,12-15H,1-8,23H2,(H,26,28)(H,29,36)(H,30,38)(H,31,37)(H,32,33)(H,34,35)(H,39,40)(H4,24,25,27).